The molecule has 3 rings (SSSR count). The number of rotatable bonds is 6. The lowest BCUT2D eigenvalue weighted by Gasteiger charge is -2.32. The molecule has 3 nitrogen and oxygen atoms in total. The topological polar surface area (TPSA) is 24.5 Å². The van der Waals surface area contributed by atoms with E-state index in [2.05, 4.69) is 16.3 Å². The Kier molecular flexibility index (Phi) is 5.04. The summed E-state index contributed by atoms with van der Waals surface area (Å²) in [4.78, 5) is 2.50. The number of methoxy groups -OCH3 is 1. The van der Waals surface area contributed by atoms with Gasteiger partial charge in [0.05, 0.1) is 7.11 Å². The van der Waals surface area contributed by atoms with E-state index in [0.717, 1.165) is 36.3 Å². The molecule has 0 atom stereocenters. The van der Waals surface area contributed by atoms with Crippen LogP contribution in [0.2, 0.25) is 5.02 Å². The smallest absolute Gasteiger partial charge is 0.119 e. The predicted octanol–water partition coefficient (Wildman–Crippen LogP) is 3.31. The van der Waals surface area contributed by atoms with Crippen molar-refractivity contribution < 1.29 is 4.74 Å². The first kappa shape index (κ1) is 15.1. The van der Waals surface area contributed by atoms with E-state index in [1.54, 1.807) is 7.11 Å². The molecular formula is C17H25ClN2O. The molecular weight excluding hydrogens is 284 g/mol. The Hall–Kier alpha value is -0.770. The number of ether oxygens (including phenoxy) is 1. The van der Waals surface area contributed by atoms with E-state index in [4.69, 9.17) is 16.3 Å². The molecule has 1 N–H and O–H groups in total. The zero-order chi connectivity index (χ0) is 14.7. The first-order chi connectivity index (χ1) is 10.2. The minimum absolute atomic E-state index is 0.711. The van der Waals surface area contributed by atoms with Crippen molar-refractivity contribution in [2.45, 2.75) is 38.3 Å². The van der Waals surface area contributed by atoms with Crippen LogP contribution in [0.5, 0.6) is 5.75 Å². The highest BCUT2D eigenvalue weighted by Gasteiger charge is 2.24. The fourth-order valence-corrected chi connectivity index (χ4v) is 3.17. The maximum Gasteiger partial charge on any atom is 0.119 e. The van der Waals surface area contributed by atoms with Crippen LogP contribution in [0.15, 0.2) is 18.2 Å². The number of piperidine rings is 1. The first-order valence-electron chi connectivity index (χ1n) is 8.03. The van der Waals surface area contributed by atoms with E-state index < -0.39 is 0 Å². The van der Waals surface area contributed by atoms with Crippen molar-refractivity contribution in [2.75, 3.05) is 26.7 Å². The molecule has 1 saturated carbocycles. The Morgan fingerprint density at radius 2 is 2.00 bits per heavy atom. The van der Waals surface area contributed by atoms with Crippen molar-refractivity contribution in [3.05, 3.63) is 28.8 Å². The van der Waals surface area contributed by atoms with E-state index >= 15 is 0 Å². The van der Waals surface area contributed by atoms with Crippen LogP contribution in [0.25, 0.3) is 0 Å². The minimum atomic E-state index is 0.711. The van der Waals surface area contributed by atoms with Gasteiger partial charge in [-0.2, -0.15) is 0 Å². The summed E-state index contributed by atoms with van der Waals surface area (Å²) in [5.74, 6) is 1.86. The minimum Gasteiger partial charge on any atom is -0.497 e. The lowest BCUT2D eigenvalue weighted by atomic mass is 10.0. The van der Waals surface area contributed by atoms with Crippen molar-refractivity contribution in [3.8, 4) is 5.75 Å². The van der Waals surface area contributed by atoms with Crippen LogP contribution in [0.4, 0.5) is 0 Å². The number of benzene rings is 1. The van der Waals surface area contributed by atoms with Gasteiger partial charge in [0.25, 0.3) is 0 Å². The second-order valence-corrected chi connectivity index (χ2v) is 6.77. The lowest BCUT2D eigenvalue weighted by molar-refractivity contribution is 0.190. The highest BCUT2D eigenvalue weighted by Crippen LogP contribution is 2.28. The average molecular weight is 309 g/mol. The SMILES string of the molecule is COc1ccc(Cl)c(CN2CCC(NCC3CC3)CC2)c1. The Morgan fingerprint density at radius 1 is 1.24 bits per heavy atom. The zero-order valence-electron chi connectivity index (χ0n) is 12.8. The third kappa shape index (κ3) is 4.35. The maximum absolute atomic E-state index is 6.30. The van der Waals surface area contributed by atoms with Gasteiger partial charge in [-0.15, -0.1) is 0 Å². The highest BCUT2D eigenvalue weighted by molar-refractivity contribution is 6.31. The van der Waals surface area contributed by atoms with E-state index in [1.165, 1.54) is 37.8 Å². The maximum atomic E-state index is 6.30. The summed E-state index contributed by atoms with van der Waals surface area (Å²) in [6.07, 6.45) is 5.35. The summed E-state index contributed by atoms with van der Waals surface area (Å²) >= 11 is 6.30. The van der Waals surface area contributed by atoms with Crippen LogP contribution in [0.1, 0.15) is 31.2 Å². The molecule has 1 saturated heterocycles. The molecule has 0 spiro atoms. The quantitative estimate of drug-likeness (QED) is 0.872. The van der Waals surface area contributed by atoms with Gasteiger partial charge in [-0.3, -0.25) is 4.90 Å². The molecule has 1 aliphatic carbocycles. The van der Waals surface area contributed by atoms with E-state index in [1.807, 2.05) is 12.1 Å². The second kappa shape index (κ2) is 6.99. The van der Waals surface area contributed by atoms with Crippen molar-refractivity contribution >= 4 is 11.6 Å². The fraction of sp³-hybridized carbons (Fsp3) is 0.647. The molecule has 1 aromatic rings. The summed E-state index contributed by atoms with van der Waals surface area (Å²) < 4.78 is 5.29. The van der Waals surface area contributed by atoms with Gasteiger partial charge in [-0.1, -0.05) is 11.6 Å². The fourth-order valence-electron chi connectivity index (χ4n) is 2.99. The summed E-state index contributed by atoms with van der Waals surface area (Å²) in [6.45, 7) is 4.45. The molecule has 21 heavy (non-hydrogen) atoms. The molecule has 0 unspecified atom stereocenters. The molecule has 1 aliphatic heterocycles. The summed E-state index contributed by atoms with van der Waals surface area (Å²) in [7, 11) is 1.70. The highest BCUT2D eigenvalue weighted by atomic mass is 35.5. The van der Waals surface area contributed by atoms with Crippen LogP contribution < -0.4 is 10.1 Å². The van der Waals surface area contributed by atoms with Crippen LogP contribution in [0.3, 0.4) is 0 Å². The first-order valence-corrected chi connectivity index (χ1v) is 8.40. The Balaban J connectivity index is 1.48. The Morgan fingerprint density at radius 3 is 2.67 bits per heavy atom. The summed E-state index contributed by atoms with van der Waals surface area (Å²) in [5.41, 5.74) is 1.17. The van der Waals surface area contributed by atoms with Gasteiger partial charge < -0.3 is 10.1 Å². The van der Waals surface area contributed by atoms with Crippen LogP contribution in [-0.2, 0) is 6.54 Å². The third-order valence-corrected chi connectivity index (χ3v) is 5.00. The second-order valence-electron chi connectivity index (χ2n) is 6.36. The number of likely N-dealkylation sites (tertiary alicyclic amines) is 1. The Bertz CT molecular complexity index is 468. The normalized spacial score (nSPS) is 20.7. The van der Waals surface area contributed by atoms with Crippen LogP contribution >= 0.6 is 11.6 Å². The molecule has 0 bridgehead atoms. The standard InChI is InChI=1S/C17H25ClN2O/c1-21-16-4-5-17(18)14(10-16)12-20-8-6-15(7-9-20)19-11-13-2-3-13/h4-5,10,13,15,19H,2-3,6-9,11-12H2,1H3. The molecule has 0 aromatic heterocycles. The molecule has 0 amide bonds. The average Bonchev–Trinajstić information content (AvgIpc) is 3.33. The van der Waals surface area contributed by atoms with Gasteiger partial charge in [0.15, 0.2) is 0 Å². The largest absolute Gasteiger partial charge is 0.497 e. The van der Waals surface area contributed by atoms with Gasteiger partial charge in [-0.05, 0) is 75.0 Å². The molecule has 0 radical (unpaired) electrons. The van der Waals surface area contributed by atoms with Gasteiger partial charge >= 0.3 is 0 Å². The molecule has 2 aliphatic rings. The van der Waals surface area contributed by atoms with Gasteiger partial charge in [0.1, 0.15) is 5.75 Å². The van der Waals surface area contributed by atoms with Crippen molar-refractivity contribution in [3.63, 3.8) is 0 Å². The number of nitrogens with zero attached hydrogens (tertiary/aromatic N) is 1. The number of halogens is 1. The predicted molar refractivity (Wildman–Crippen MR) is 87.0 cm³/mol. The van der Waals surface area contributed by atoms with E-state index in [9.17, 15) is 0 Å². The van der Waals surface area contributed by atoms with Crippen molar-refractivity contribution in [2.24, 2.45) is 5.92 Å². The Labute approximate surface area is 132 Å². The van der Waals surface area contributed by atoms with E-state index in [0.29, 0.717) is 6.04 Å². The lowest BCUT2D eigenvalue weighted by Crippen LogP contribution is -2.42. The van der Waals surface area contributed by atoms with Crippen LogP contribution in [0, 0.1) is 5.92 Å². The van der Waals surface area contributed by atoms with Crippen molar-refractivity contribution in [1.29, 1.82) is 0 Å². The third-order valence-electron chi connectivity index (χ3n) is 4.63. The van der Waals surface area contributed by atoms with Gasteiger partial charge in [0.2, 0.25) is 0 Å². The molecule has 4 heteroatoms. The van der Waals surface area contributed by atoms with E-state index in [-0.39, 0.29) is 0 Å². The van der Waals surface area contributed by atoms with Gasteiger partial charge in [-0.25, -0.2) is 0 Å². The zero-order valence-corrected chi connectivity index (χ0v) is 13.5. The summed E-state index contributed by atoms with van der Waals surface area (Å²) in [5, 5.41) is 4.56. The molecule has 2 fully saturated rings. The molecule has 1 heterocycles. The monoisotopic (exact) mass is 308 g/mol. The van der Waals surface area contributed by atoms with Gasteiger partial charge in [0, 0.05) is 17.6 Å². The molecule has 116 valence electrons. The number of hydrogen-bond acceptors (Lipinski definition) is 3. The number of hydrogen-bond donors (Lipinski definition) is 1. The van der Waals surface area contributed by atoms with Crippen molar-refractivity contribution in [1.82, 2.24) is 10.2 Å². The molecule has 1 aromatic carbocycles. The van der Waals surface area contributed by atoms with Crippen LogP contribution in [-0.4, -0.2) is 37.7 Å². The summed E-state index contributed by atoms with van der Waals surface area (Å²) in [6, 6.07) is 6.61. The number of nitrogens with one attached hydrogen (secondary N) is 1.